The normalized spacial score (nSPS) is 13.3. The molecule has 0 aliphatic heterocycles. The molecular formula is C21H21NO4. The van der Waals surface area contributed by atoms with Crippen molar-refractivity contribution in [3.05, 3.63) is 83.6 Å². The van der Waals surface area contributed by atoms with Crippen molar-refractivity contribution in [1.29, 1.82) is 0 Å². The van der Waals surface area contributed by atoms with Crippen LogP contribution in [0.15, 0.2) is 71.1 Å². The van der Waals surface area contributed by atoms with Crippen molar-refractivity contribution in [3.63, 3.8) is 0 Å². The molecule has 0 saturated heterocycles. The van der Waals surface area contributed by atoms with Gasteiger partial charge in [0.25, 0.3) is 0 Å². The predicted molar refractivity (Wildman–Crippen MR) is 98.8 cm³/mol. The monoisotopic (exact) mass is 351 g/mol. The van der Waals surface area contributed by atoms with Crippen LogP contribution in [0.1, 0.15) is 34.7 Å². The molecule has 5 heteroatoms. The number of aliphatic hydroxyl groups is 1. The number of benzene rings is 2. The van der Waals surface area contributed by atoms with Gasteiger partial charge in [0.15, 0.2) is 0 Å². The van der Waals surface area contributed by atoms with E-state index in [4.69, 9.17) is 9.52 Å². The van der Waals surface area contributed by atoms with E-state index in [1.54, 1.807) is 24.3 Å². The largest absolute Gasteiger partial charge is 0.478 e. The van der Waals surface area contributed by atoms with E-state index in [0.29, 0.717) is 12.3 Å². The Kier molecular flexibility index (Phi) is 5.51. The molecule has 2 aromatic carbocycles. The molecule has 0 aliphatic carbocycles. The highest BCUT2D eigenvalue weighted by Crippen LogP contribution is 2.23. The Morgan fingerprint density at radius 2 is 1.73 bits per heavy atom. The Balaban J connectivity index is 1.60. The number of nitrogens with one attached hydrogen (secondary N) is 1. The molecule has 3 aromatic rings. The van der Waals surface area contributed by atoms with Gasteiger partial charge in [0.05, 0.1) is 18.2 Å². The highest BCUT2D eigenvalue weighted by molar-refractivity contribution is 5.88. The van der Waals surface area contributed by atoms with Crippen molar-refractivity contribution >= 4 is 5.97 Å². The third-order valence-corrected chi connectivity index (χ3v) is 4.29. The molecule has 2 atom stereocenters. The van der Waals surface area contributed by atoms with Crippen LogP contribution in [0.3, 0.4) is 0 Å². The Morgan fingerprint density at radius 1 is 1.04 bits per heavy atom. The number of carbonyl (C=O) groups is 1. The number of hydrogen-bond donors (Lipinski definition) is 3. The summed E-state index contributed by atoms with van der Waals surface area (Å²) in [5, 5.41) is 22.6. The number of carboxylic acid groups (broad SMARTS) is 1. The minimum Gasteiger partial charge on any atom is -0.478 e. The van der Waals surface area contributed by atoms with E-state index in [9.17, 15) is 9.90 Å². The Hall–Kier alpha value is -2.89. The number of carboxylic acids is 1. The molecule has 3 rings (SSSR count). The summed E-state index contributed by atoms with van der Waals surface area (Å²) < 4.78 is 5.81. The van der Waals surface area contributed by atoms with E-state index >= 15 is 0 Å². The summed E-state index contributed by atoms with van der Waals surface area (Å²) in [6.07, 6.45) is -0.603. The van der Waals surface area contributed by atoms with Crippen LogP contribution in [0.4, 0.5) is 0 Å². The van der Waals surface area contributed by atoms with Crippen molar-refractivity contribution in [3.8, 4) is 11.3 Å². The summed E-state index contributed by atoms with van der Waals surface area (Å²) in [5.41, 5.74) is 1.93. The molecule has 0 radical (unpaired) electrons. The van der Waals surface area contributed by atoms with Crippen LogP contribution in [0.2, 0.25) is 0 Å². The molecular weight excluding hydrogens is 330 g/mol. The third kappa shape index (κ3) is 4.20. The summed E-state index contributed by atoms with van der Waals surface area (Å²) >= 11 is 0. The van der Waals surface area contributed by atoms with Crippen molar-refractivity contribution in [2.24, 2.45) is 0 Å². The molecule has 0 fully saturated rings. The lowest BCUT2D eigenvalue weighted by Gasteiger charge is -2.20. The van der Waals surface area contributed by atoms with Crippen molar-refractivity contribution < 1.29 is 19.4 Å². The van der Waals surface area contributed by atoms with Gasteiger partial charge in [0, 0.05) is 11.6 Å². The van der Waals surface area contributed by atoms with Crippen LogP contribution in [0, 0.1) is 0 Å². The summed E-state index contributed by atoms with van der Waals surface area (Å²) in [4.78, 5) is 10.9. The molecule has 3 N–H and O–H groups in total. The summed E-state index contributed by atoms with van der Waals surface area (Å²) in [7, 11) is 0. The summed E-state index contributed by atoms with van der Waals surface area (Å²) in [5.74, 6) is 0.469. The fourth-order valence-electron chi connectivity index (χ4n) is 2.72. The lowest BCUT2D eigenvalue weighted by atomic mass is 10.0. The van der Waals surface area contributed by atoms with Crippen LogP contribution in [-0.2, 0) is 6.54 Å². The second-order valence-corrected chi connectivity index (χ2v) is 6.17. The molecule has 26 heavy (non-hydrogen) atoms. The molecule has 5 nitrogen and oxygen atoms in total. The second-order valence-electron chi connectivity index (χ2n) is 6.17. The quantitative estimate of drug-likeness (QED) is 0.602. The standard InChI is InChI=1S/C21H21NO4/c1-14(20(23)16-5-3-2-4-6-16)22-13-18-11-12-19(26-18)15-7-9-17(10-8-15)21(24)25/h2-12,14,20,22-23H,13H2,1H3,(H,24,25). The average Bonchev–Trinajstić information content (AvgIpc) is 3.15. The fourth-order valence-corrected chi connectivity index (χ4v) is 2.72. The molecule has 0 bridgehead atoms. The molecule has 1 aromatic heterocycles. The van der Waals surface area contributed by atoms with Gasteiger partial charge in [-0.05, 0) is 36.8 Å². The zero-order valence-corrected chi connectivity index (χ0v) is 14.4. The molecule has 0 amide bonds. The van der Waals surface area contributed by atoms with Crippen molar-refractivity contribution in [2.75, 3.05) is 0 Å². The van der Waals surface area contributed by atoms with Gasteiger partial charge in [0.2, 0.25) is 0 Å². The topological polar surface area (TPSA) is 82.7 Å². The maximum absolute atomic E-state index is 10.9. The Morgan fingerprint density at radius 3 is 2.38 bits per heavy atom. The maximum atomic E-state index is 10.9. The number of rotatable bonds is 7. The molecule has 2 unspecified atom stereocenters. The second kappa shape index (κ2) is 7.99. The lowest BCUT2D eigenvalue weighted by Crippen LogP contribution is -2.31. The first kappa shape index (κ1) is 17.9. The van der Waals surface area contributed by atoms with Crippen LogP contribution in [-0.4, -0.2) is 22.2 Å². The zero-order valence-electron chi connectivity index (χ0n) is 14.4. The number of aromatic carboxylic acids is 1. The van der Waals surface area contributed by atoms with Gasteiger partial charge >= 0.3 is 5.97 Å². The van der Waals surface area contributed by atoms with Crippen LogP contribution in [0.25, 0.3) is 11.3 Å². The maximum Gasteiger partial charge on any atom is 0.335 e. The highest BCUT2D eigenvalue weighted by Gasteiger charge is 2.16. The van der Waals surface area contributed by atoms with E-state index < -0.39 is 12.1 Å². The predicted octanol–water partition coefficient (Wildman–Crippen LogP) is 3.86. The third-order valence-electron chi connectivity index (χ3n) is 4.29. The van der Waals surface area contributed by atoms with Gasteiger partial charge in [-0.25, -0.2) is 4.79 Å². The summed E-state index contributed by atoms with van der Waals surface area (Å²) in [6.45, 7) is 2.41. The van der Waals surface area contributed by atoms with E-state index in [1.165, 1.54) is 0 Å². The molecule has 0 saturated carbocycles. The van der Waals surface area contributed by atoms with Crippen LogP contribution in [0.5, 0.6) is 0 Å². The van der Waals surface area contributed by atoms with E-state index in [0.717, 1.165) is 16.9 Å². The van der Waals surface area contributed by atoms with Crippen LogP contribution < -0.4 is 5.32 Å². The number of aliphatic hydroxyl groups excluding tert-OH is 1. The van der Waals surface area contributed by atoms with Crippen molar-refractivity contribution in [2.45, 2.75) is 25.6 Å². The minimum atomic E-state index is -0.952. The van der Waals surface area contributed by atoms with Crippen LogP contribution >= 0.6 is 0 Å². The first-order valence-electron chi connectivity index (χ1n) is 8.43. The number of furan rings is 1. The van der Waals surface area contributed by atoms with E-state index in [-0.39, 0.29) is 11.6 Å². The Labute approximate surface area is 151 Å². The first-order valence-corrected chi connectivity index (χ1v) is 8.43. The summed E-state index contributed by atoms with van der Waals surface area (Å²) in [6, 6.07) is 19.7. The molecule has 0 spiro atoms. The fraction of sp³-hybridized carbons (Fsp3) is 0.190. The average molecular weight is 351 g/mol. The first-order chi connectivity index (χ1) is 12.5. The van der Waals surface area contributed by atoms with Gasteiger partial charge < -0.3 is 19.9 Å². The smallest absolute Gasteiger partial charge is 0.335 e. The van der Waals surface area contributed by atoms with Gasteiger partial charge in [-0.1, -0.05) is 42.5 Å². The highest BCUT2D eigenvalue weighted by atomic mass is 16.4. The SMILES string of the molecule is CC(NCc1ccc(-c2ccc(C(=O)O)cc2)o1)C(O)c1ccccc1. The van der Waals surface area contributed by atoms with Gasteiger partial charge in [-0.2, -0.15) is 0 Å². The molecule has 134 valence electrons. The molecule has 1 heterocycles. The zero-order chi connectivity index (χ0) is 18.5. The van der Waals surface area contributed by atoms with Gasteiger partial charge in [0.1, 0.15) is 11.5 Å². The van der Waals surface area contributed by atoms with Gasteiger partial charge in [-0.15, -0.1) is 0 Å². The lowest BCUT2D eigenvalue weighted by molar-refractivity contribution is 0.0697. The minimum absolute atomic E-state index is 0.138. The van der Waals surface area contributed by atoms with E-state index in [2.05, 4.69) is 5.32 Å². The number of hydrogen-bond acceptors (Lipinski definition) is 4. The van der Waals surface area contributed by atoms with Crippen molar-refractivity contribution in [1.82, 2.24) is 5.32 Å². The van der Waals surface area contributed by atoms with Gasteiger partial charge in [-0.3, -0.25) is 0 Å². The van der Waals surface area contributed by atoms with E-state index in [1.807, 2.05) is 49.4 Å². The molecule has 0 aliphatic rings. The Bertz CT molecular complexity index is 855.